The molecule has 1 heterocycles. The van der Waals surface area contributed by atoms with Crippen LogP contribution in [0.15, 0.2) is 0 Å². The molecule has 0 saturated heterocycles. The maximum absolute atomic E-state index is 10.9. The highest BCUT2D eigenvalue weighted by molar-refractivity contribution is 9.08. The van der Waals surface area contributed by atoms with Crippen LogP contribution in [-0.4, -0.2) is 16.1 Å². The van der Waals surface area contributed by atoms with Crippen LogP contribution in [0.3, 0.4) is 0 Å². The largest absolute Gasteiger partial charge is 0.477 e. The molecule has 0 aliphatic carbocycles. The molecule has 0 unspecified atom stereocenters. The number of rotatable bonds is 2. The van der Waals surface area contributed by atoms with Gasteiger partial charge in [0.2, 0.25) is 0 Å². The second-order valence-electron chi connectivity index (χ2n) is 3.98. The molecule has 78 valence electrons. The topological polar surface area (TPSA) is 50.2 Å². The zero-order chi connectivity index (χ0) is 10.9. The number of halogens is 1. The van der Waals surface area contributed by atoms with Crippen molar-refractivity contribution in [3.8, 4) is 0 Å². The van der Waals surface area contributed by atoms with Crippen LogP contribution in [0.4, 0.5) is 0 Å². The molecule has 0 saturated carbocycles. The van der Waals surface area contributed by atoms with E-state index < -0.39 is 5.97 Å². The van der Waals surface area contributed by atoms with Crippen molar-refractivity contribution in [1.29, 1.82) is 0 Å². The maximum atomic E-state index is 10.9. The molecule has 0 bridgehead atoms. The fourth-order valence-electron chi connectivity index (χ4n) is 0.930. The predicted octanol–water partition coefficient (Wildman–Crippen LogP) is 3.03. The van der Waals surface area contributed by atoms with Crippen LogP contribution in [0, 0.1) is 0 Å². The van der Waals surface area contributed by atoms with Gasteiger partial charge in [-0.05, 0) is 0 Å². The lowest BCUT2D eigenvalue weighted by molar-refractivity contribution is 0.0701. The maximum Gasteiger partial charge on any atom is 0.347 e. The first kappa shape index (κ1) is 11.7. The summed E-state index contributed by atoms with van der Waals surface area (Å²) in [6.07, 6.45) is 0. The second kappa shape index (κ2) is 3.98. The number of hydrogen-bond acceptors (Lipinski definition) is 3. The van der Waals surface area contributed by atoms with Gasteiger partial charge < -0.3 is 5.11 Å². The predicted molar refractivity (Wildman–Crippen MR) is 60.4 cm³/mol. The van der Waals surface area contributed by atoms with Crippen LogP contribution in [0.1, 0.15) is 41.1 Å². The van der Waals surface area contributed by atoms with Gasteiger partial charge in [-0.25, -0.2) is 9.78 Å². The van der Waals surface area contributed by atoms with E-state index in [1.54, 1.807) is 0 Å². The van der Waals surface area contributed by atoms with Gasteiger partial charge in [0.05, 0.1) is 10.7 Å². The quantitative estimate of drug-likeness (QED) is 0.846. The summed E-state index contributed by atoms with van der Waals surface area (Å²) in [7, 11) is 0. The molecule has 1 rings (SSSR count). The Balaban J connectivity index is 3.20. The summed E-state index contributed by atoms with van der Waals surface area (Å²) in [5.74, 6) is -0.896. The third kappa shape index (κ3) is 2.33. The van der Waals surface area contributed by atoms with Crippen LogP contribution >= 0.6 is 27.3 Å². The standard InChI is InChI=1S/C9H12BrNO2S/c1-9(2,3)8-11-5(4-10)6(14-8)7(12)13/h4H2,1-3H3,(H,12,13). The van der Waals surface area contributed by atoms with Crippen molar-refractivity contribution in [2.75, 3.05) is 0 Å². The first-order chi connectivity index (χ1) is 6.36. The number of carbonyl (C=O) groups is 1. The normalized spacial score (nSPS) is 11.7. The van der Waals surface area contributed by atoms with Gasteiger partial charge >= 0.3 is 5.97 Å². The van der Waals surface area contributed by atoms with E-state index in [1.165, 1.54) is 11.3 Å². The summed E-state index contributed by atoms with van der Waals surface area (Å²) >= 11 is 4.50. The minimum absolute atomic E-state index is 0.0880. The Morgan fingerprint density at radius 1 is 1.57 bits per heavy atom. The van der Waals surface area contributed by atoms with Gasteiger partial charge in [-0.1, -0.05) is 36.7 Å². The molecule has 0 radical (unpaired) electrons. The van der Waals surface area contributed by atoms with Crippen molar-refractivity contribution in [1.82, 2.24) is 4.98 Å². The summed E-state index contributed by atoms with van der Waals surface area (Å²) in [5, 5.41) is 10.3. The molecule has 0 fully saturated rings. The average molecular weight is 278 g/mol. The first-order valence-corrected chi connectivity index (χ1v) is 6.09. The van der Waals surface area contributed by atoms with E-state index in [-0.39, 0.29) is 5.41 Å². The molecule has 14 heavy (non-hydrogen) atoms. The average Bonchev–Trinajstić information content (AvgIpc) is 2.45. The van der Waals surface area contributed by atoms with Crippen LogP contribution in [-0.2, 0) is 10.7 Å². The van der Waals surface area contributed by atoms with Crippen molar-refractivity contribution in [3.05, 3.63) is 15.6 Å². The molecule has 3 nitrogen and oxygen atoms in total. The Bertz CT molecular complexity index is 354. The number of aromatic nitrogens is 1. The van der Waals surface area contributed by atoms with E-state index >= 15 is 0 Å². The van der Waals surface area contributed by atoms with Crippen molar-refractivity contribution < 1.29 is 9.90 Å². The van der Waals surface area contributed by atoms with E-state index in [2.05, 4.69) is 20.9 Å². The summed E-state index contributed by atoms with van der Waals surface area (Å²) in [5.41, 5.74) is 0.530. The van der Waals surface area contributed by atoms with Crippen LogP contribution in [0.2, 0.25) is 0 Å². The lowest BCUT2D eigenvalue weighted by Crippen LogP contribution is -2.10. The number of aromatic carboxylic acids is 1. The zero-order valence-electron chi connectivity index (χ0n) is 8.30. The summed E-state index contributed by atoms with van der Waals surface area (Å²) in [6, 6.07) is 0. The van der Waals surface area contributed by atoms with Crippen molar-refractivity contribution in [2.24, 2.45) is 0 Å². The number of hydrogen-bond donors (Lipinski definition) is 1. The van der Waals surface area contributed by atoms with E-state index in [4.69, 9.17) is 5.11 Å². The SMILES string of the molecule is CC(C)(C)c1nc(CBr)c(C(=O)O)s1. The summed E-state index contributed by atoms with van der Waals surface area (Å²) in [4.78, 5) is 15.5. The fourth-order valence-corrected chi connectivity index (χ4v) is 2.50. The lowest BCUT2D eigenvalue weighted by atomic mass is 9.98. The highest BCUT2D eigenvalue weighted by atomic mass is 79.9. The number of thiazole rings is 1. The third-order valence-corrected chi connectivity index (χ3v) is 3.70. The van der Waals surface area contributed by atoms with Crippen molar-refractivity contribution in [2.45, 2.75) is 31.5 Å². The molecule has 0 aliphatic rings. The van der Waals surface area contributed by atoms with E-state index in [0.717, 1.165) is 5.01 Å². The van der Waals surface area contributed by atoms with E-state index in [9.17, 15) is 4.79 Å². The molecule has 1 aromatic heterocycles. The molecule has 0 amide bonds. The van der Waals surface area contributed by atoms with E-state index in [1.807, 2.05) is 20.8 Å². The molecule has 0 aliphatic heterocycles. The van der Waals surface area contributed by atoms with Crippen LogP contribution in [0.5, 0.6) is 0 Å². The van der Waals surface area contributed by atoms with Crippen molar-refractivity contribution >= 4 is 33.2 Å². The zero-order valence-corrected chi connectivity index (χ0v) is 10.7. The lowest BCUT2D eigenvalue weighted by Gasteiger charge is -2.13. The minimum atomic E-state index is -0.896. The molecule has 0 atom stereocenters. The number of carboxylic acid groups (broad SMARTS) is 1. The van der Waals surface area contributed by atoms with Gasteiger partial charge in [-0.15, -0.1) is 11.3 Å². The van der Waals surface area contributed by atoms with E-state index in [0.29, 0.717) is 15.9 Å². The van der Waals surface area contributed by atoms with Crippen LogP contribution in [0.25, 0.3) is 0 Å². The Hall–Kier alpha value is -0.420. The second-order valence-corrected chi connectivity index (χ2v) is 5.54. The Morgan fingerprint density at radius 3 is 2.43 bits per heavy atom. The van der Waals surface area contributed by atoms with Gasteiger partial charge in [-0.2, -0.15) is 0 Å². The molecule has 5 heteroatoms. The molecule has 1 aromatic rings. The number of carboxylic acids is 1. The third-order valence-electron chi connectivity index (χ3n) is 1.66. The van der Waals surface area contributed by atoms with Gasteiger partial charge in [-0.3, -0.25) is 0 Å². The number of nitrogens with zero attached hydrogens (tertiary/aromatic N) is 1. The summed E-state index contributed by atoms with van der Waals surface area (Å²) in [6.45, 7) is 6.07. The molecule has 1 N–H and O–H groups in total. The highest BCUT2D eigenvalue weighted by Crippen LogP contribution is 2.30. The van der Waals surface area contributed by atoms with Gasteiger partial charge in [0.15, 0.2) is 0 Å². The molecular weight excluding hydrogens is 266 g/mol. The molecular formula is C9H12BrNO2S. The Labute approximate surface area is 95.3 Å². The molecule has 0 spiro atoms. The van der Waals surface area contributed by atoms with Crippen molar-refractivity contribution in [3.63, 3.8) is 0 Å². The monoisotopic (exact) mass is 277 g/mol. The van der Waals surface area contributed by atoms with Crippen LogP contribution < -0.4 is 0 Å². The Morgan fingerprint density at radius 2 is 2.14 bits per heavy atom. The van der Waals surface area contributed by atoms with Gasteiger partial charge in [0, 0.05) is 10.7 Å². The number of alkyl halides is 1. The first-order valence-electron chi connectivity index (χ1n) is 4.15. The van der Waals surface area contributed by atoms with Gasteiger partial charge in [0.25, 0.3) is 0 Å². The Kier molecular flexibility index (Phi) is 3.32. The van der Waals surface area contributed by atoms with Gasteiger partial charge in [0.1, 0.15) is 4.88 Å². The fraction of sp³-hybridized carbons (Fsp3) is 0.556. The minimum Gasteiger partial charge on any atom is -0.477 e. The highest BCUT2D eigenvalue weighted by Gasteiger charge is 2.23. The summed E-state index contributed by atoms with van der Waals surface area (Å²) < 4.78 is 0. The smallest absolute Gasteiger partial charge is 0.347 e. The molecule has 0 aromatic carbocycles.